The number of nitrogens with zero attached hydrogens (tertiary/aromatic N) is 3. The standard InChI is InChI=1S/C19H25N3O2S/c1-13-2-4-15(5-3-13)22(16-6-7-16)18(23)9-8-17-20-19(21-24-17)14-10-11-25-12-14/h10-13,15-16H,2-9H2,1H3. The van der Waals surface area contributed by atoms with Crippen LogP contribution < -0.4 is 0 Å². The van der Waals surface area contributed by atoms with Crippen LogP contribution in [0.15, 0.2) is 21.3 Å². The Morgan fingerprint density at radius 3 is 2.60 bits per heavy atom. The number of thiophene rings is 1. The van der Waals surface area contributed by atoms with Crippen molar-refractivity contribution in [2.24, 2.45) is 5.92 Å². The molecule has 134 valence electrons. The van der Waals surface area contributed by atoms with Crippen molar-refractivity contribution in [3.63, 3.8) is 0 Å². The third-order valence-electron chi connectivity index (χ3n) is 5.41. The number of hydrogen-bond acceptors (Lipinski definition) is 5. The molecular formula is C19H25N3O2S. The number of carbonyl (C=O) groups excluding carboxylic acids is 1. The Kier molecular flexibility index (Phi) is 4.88. The van der Waals surface area contributed by atoms with E-state index in [2.05, 4.69) is 22.0 Å². The summed E-state index contributed by atoms with van der Waals surface area (Å²) in [5, 5.41) is 8.01. The van der Waals surface area contributed by atoms with Gasteiger partial charge in [-0.2, -0.15) is 16.3 Å². The van der Waals surface area contributed by atoms with Crippen LogP contribution >= 0.6 is 11.3 Å². The summed E-state index contributed by atoms with van der Waals surface area (Å²) in [6, 6.07) is 2.90. The summed E-state index contributed by atoms with van der Waals surface area (Å²) in [6.45, 7) is 2.32. The lowest BCUT2D eigenvalue weighted by Crippen LogP contribution is -2.43. The average Bonchev–Trinajstić information content (AvgIpc) is 3.12. The molecule has 0 atom stereocenters. The normalized spacial score (nSPS) is 23.6. The van der Waals surface area contributed by atoms with E-state index in [-0.39, 0.29) is 5.91 Å². The molecule has 4 rings (SSSR count). The maximum absolute atomic E-state index is 12.9. The van der Waals surface area contributed by atoms with E-state index in [0.29, 0.717) is 36.6 Å². The molecule has 2 aliphatic carbocycles. The van der Waals surface area contributed by atoms with E-state index >= 15 is 0 Å². The summed E-state index contributed by atoms with van der Waals surface area (Å²) in [7, 11) is 0. The maximum atomic E-state index is 12.9. The lowest BCUT2D eigenvalue weighted by Gasteiger charge is -2.36. The van der Waals surface area contributed by atoms with Crippen LogP contribution in [0.25, 0.3) is 11.4 Å². The van der Waals surface area contributed by atoms with Gasteiger partial charge >= 0.3 is 0 Å². The summed E-state index contributed by atoms with van der Waals surface area (Å²) in [5.74, 6) is 2.24. The zero-order valence-corrected chi connectivity index (χ0v) is 15.5. The van der Waals surface area contributed by atoms with E-state index in [1.807, 2.05) is 16.8 Å². The highest BCUT2D eigenvalue weighted by Gasteiger charge is 2.38. The Balaban J connectivity index is 1.35. The molecule has 2 heterocycles. The molecule has 0 unspecified atom stereocenters. The van der Waals surface area contributed by atoms with Crippen molar-refractivity contribution in [2.45, 2.75) is 70.4 Å². The van der Waals surface area contributed by atoms with Crippen LogP contribution in [0.3, 0.4) is 0 Å². The molecule has 2 saturated carbocycles. The fourth-order valence-electron chi connectivity index (χ4n) is 3.79. The second-order valence-electron chi connectivity index (χ2n) is 7.47. The molecule has 2 aromatic heterocycles. The second kappa shape index (κ2) is 7.28. The number of amides is 1. The molecule has 5 nitrogen and oxygen atoms in total. The van der Waals surface area contributed by atoms with E-state index in [1.54, 1.807) is 11.3 Å². The third kappa shape index (κ3) is 3.94. The van der Waals surface area contributed by atoms with Gasteiger partial charge in [-0.25, -0.2) is 0 Å². The molecule has 2 fully saturated rings. The molecule has 0 aliphatic heterocycles. The SMILES string of the molecule is CC1CCC(N(C(=O)CCc2nc(-c3ccsc3)no2)C2CC2)CC1. The van der Waals surface area contributed by atoms with E-state index in [0.717, 1.165) is 24.3 Å². The van der Waals surface area contributed by atoms with Crippen molar-refractivity contribution < 1.29 is 9.32 Å². The molecule has 0 spiro atoms. The zero-order valence-electron chi connectivity index (χ0n) is 14.7. The largest absolute Gasteiger partial charge is 0.339 e. The summed E-state index contributed by atoms with van der Waals surface area (Å²) < 4.78 is 5.33. The van der Waals surface area contributed by atoms with Gasteiger partial charge in [0, 0.05) is 35.9 Å². The predicted octanol–water partition coefficient (Wildman–Crippen LogP) is 4.30. The molecule has 0 saturated heterocycles. The monoisotopic (exact) mass is 359 g/mol. The van der Waals surface area contributed by atoms with Gasteiger partial charge in [0.25, 0.3) is 0 Å². The van der Waals surface area contributed by atoms with E-state index in [9.17, 15) is 4.79 Å². The van der Waals surface area contributed by atoms with Crippen molar-refractivity contribution in [3.8, 4) is 11.4 Å². The number of rotatable bonds is 6. The highest BCUT2D eigenvalue weighted by atomic mass is 32.1. The van der Waals surface area contributed by atoms with Crippen molar-refractivity contribution in [2.75, 3.05) is 0 Å². The smallest absolute Gasteiger partial charge is 0.227 e. The summed E-state index contributed by atoms with van der Waals surface area (Å²) in [6.07, 6.45) is 8.14. The van der Waals surface area contributed by atoms with Gasteiger partial charge in [-0.05, 0) is 55.9 Å². The van der Waals surface area contributed by atoms with Gasteiger partial charge in [0.1, 0.15) is 0 Å². The molecule has 6 heteroatoms. The van der Waals surface area contributed by atoms with E-state index in [1.165, 1.54) is 25.7 Å². The average molecular weight is 359 g/mol. The fraction of sp³-hybridized carbons (Fsp3) is 0.632. The number of aromatic nitrogens is 2. The minimum Gasteiger partial charge on any atom is -0.339 e. The molecule has 0 radical (unpaired) electrons. The third-order valence-corrected chi connectivity index (χ3v) is 6.09. The van der Waals surface area contributed by atoms with Crippen molar-refractivity contribution >= 4 is 17.2 Å². The summed E-state index contributed by atoms with van der Waals surface area (Å²) in [5.41, 5.74) is 0.974. The van der Waals surface area contributed by atoms with E-state index < -0.39 is 0 Å². The van der Waals surface area contributed by atoms with Crippen LogP contribution in [-0.2, 0) is 11.2 Å². The molecule has 2 aliphatic rings. The predicted molar refractivity (Wildman–Crippen MR) is 97.2 cm³/mol. The van der Waals surface area contributed by atoms with Gasteiger partial charge in [-0.15, -0.1) is 0 Å². The van der Waals surface area contributed by atoms with Crippen molar-refractivity contribution in [1.82, 2.24) is 15.0 Å². The molecular weight excluding hydrogens is 334 g/mol. The topological polar surface area (TPSA) is 59.2 Å². The first-order valence-electron chi connectivity index (χ1n) is 9.37. The first kappa shape index (κ1) is 16.8. The van der Waals surface area contributed by atoms with Gasteiger partial charge in [-0.3, -0.25) is 4.79 Å². The Morgan fingerprint density at radius 2 is 1.96 bits per heavy atom. The minimum absolute atomic E-state index is 0.261. The first-order chi connectivity index (χ1) is 12.2. The lowest BCUT2D eigenvalue weighted by atomic mass is 9.86. The minimum atomic E-state index is 0.261. The van der Waals surface area contributed by atoms with Crippen LogP contribution in [-0.4, -0.2) is 33.0 Å². The van der Waals surface area contributed by atoms with Crippen LogP contribution in [0.5, 0.6) is 0 Å². The Labute approximate surface area is 152 Å². The summed E-state index contributed by atoms with van der Waals surface area (Å²) in [4.78, 5) is 19.5. The fourth-order valence-corrected chi connectivity index (χ4v) is 4.42. The quantitative estimate of drug-likeness (QED) is 0.771. The van der Waals surface area contributed by atoms with Crippen LogP contribution in [0.2, 0.25) is 0 Å². The Morgan fingerprint density at radius 1 is 1.24 bits per heavy atom. The Bertz CT molecular complexity index is 700. The second-order valence-corrected chi connectivity index (χ2v) is 8.25. The Hall–Kier alpha value is -1.69. The molecule has 0 N–H and O–H groups in total. The number of hydrogen-bond donors (Lipinski definition) is 0. The molecule has 0 aromatic carbocycles. The highest BCUT2D eigenvalue weighted by Crippen LogP contribution is 2.35. The highest BCUT2D eigenvalue weighted by molar-refractivity contribution is 7.08. The van der Waals surface area contributed by atoms with Crippen LogP contribution in [0.4, 0.5) is 0 Å². The number of carbonyl (C=O) groups is 1. The van der Waals surface area contributed by atoms with Crippen LogP contribution in [0.1, 0.15) is 57.8 Å². The zero-order chi connectivity index (χ0) is 17.2. The molecule has 2 aromatic rings. The first-order valence-corrected chi connectivity index (χ1v) is 10.3. The lowest BCUT2D eigenvalue weighted by molar-refractivity contribution is -0.135. The van der Waals surface area contributed by atoms with E-state index in [4.69, 9.17) is 4.52 Å². The molecule has 0 bridgehead atoms. The van der Waals surface area contributed by atoms with Gasteiger partial charge in [-0.1, -0.05) is 12.1 Å². The van der Waals surface area contributed by atoms with Crippen LogP contribution in [0, 0.1) is 5.92 Å². The van der Waals surface area contributed by atoms with Gasteiger partial charge in [0.2, 0.25) is 17.6 Å². The van der Waals surface area contributed by atoms with Gasteiger partial charge < -0.3 is 9.42 Å². The molecule has 1 amide bonds. The van der Waals surface area contributed by atoms with Crippen molar-refractivity contribution in [1.29, 1.82) is 0 Å². The van der Waals surface area contributed by atoms with Gasteiger partial charge in [0.15, 0.2) is 0 Å². The molecule has 25 heavy (non-hydrogen) atoms. The maximum Gasteiger partial charge on any atom is 0.227 e. The van der Waals surface area contributed by atoms with Crippen molar-refractivity contribution in [3.05, 3.63) is 22.7 Å². The summed E-state index contributed by atoms with van der Waals surface area (Å²) >= 11 is 1.61. The van der Waals surface area contributed by atoms with Gasteiger partial charge in [0.05, 0.1) is 0 Å². The number of aryl methyl sites for hydroxylation is 1.